The van der Waals surface area contributed by atoms with Crippen LogP contribution in [0.1, 0.15) is 39.0 Å². The summed E-state index contributed by atoms with van der Waals surface area (Å²) in [5.41, 5.74) is -0.296. The van der Waals surface area contributed by atoms with E-state index in [0.29, 0.717) is 11.8 Å². The van der Waals surface area contributed by atoms with Crippen LogP contribution in [0.3, 0.4) is 0 Å². The molecule has 0 aliphatic heterocycles. The van der Waals surface area contributed by atoms with Crippen LogP contribution in [0, 0.1) is 23.7 Å². The second-order valence-electron chi connectivity index (χ2n) is 5.44. The predicted octanol–water partition coefficient (Wildman–Crippen LogP) is 2.19. The average molecular weight is 166 g/mol. The van der Waals surface area contributed by atoms with E-state index in [1.165, 1.54) is 32.1 Å². The smallest absolute Gasteiger partial charge is 0.0678 e. The Hall–Kier alpha value is -0.0400. The van der Waals surface area contributed by atoms with E-state index in [-0.39, 0.29) is 5.60 Å². The van der Waals surface area contributed by atoms with Crippen molar-refractivity contribution in [2.24, 2.45) is 23.7 Å². The Morgan fingerprint density at radius 1 is 1.17 bits per heavy atom. The second kappa shape index (κ2) is 2.06. The first-order valence-electron chi connectivity index (χ1n) is 5.40. The molecular weight excluding hydrogens is 148 g/mol. The maximum absolute atomic E-state index is 10.4. The summed E-state index contributed by atoms with van der Waals surface area (Å²) >= 11 is 0. The van der Waals surface area contributed by atoms with Gasteiger partial charge < -0.3 is 5.11 Å². The Kier molecular flexibility index (Phi) is 1.27. The highest BCUT2D eigenvalue weighted by Gasteiger charge is 2.55. The fraction of sp³-hybridized carbons (Fsp3) is 1.00. The van der Waals surface area contributed by atoms with Crippen molar-refractivity contribution < 1.29 is 5.11 Å². The van der Waals surface area contributed by atoms with Crippen molar-refractivity contribution in [1.82, 2.24) is 0 Å². The van der Waals surface area contributed by atoms with Crippen molar-refractivity contribution in [3.05, 3.63) is 0 Å². The zero-order chi connectivity index (χ0) is 8.34. The predicted molar refractivity (Wildman–Crippen MR) is 47.7 cm³/mol. The summed E-state index contributed by atoms with van der Waals surface area (Å²) in [6, 6.07) is 0. The first-order chi connectivity index (χ1) is 5.68. The molecule has 0 aromatic carbocycles. The van der Waals surface area contributed by atoms with Crippen LogP contribution in [0.5, 0.6) is 0 Å². The lowest BCUT2D eigenvalue weighted by Crippen LogP contribution is -2.49. The third kappa shape index (κ3) is 0.736. The van der Waals surface area contributed by atoms with E-state index in [9.17, 15) is 5.11 Å². The molecule has 0 spiro atoms. The fourth-order valence-corrected chi connectivity index (χ4v) is 4.24. The fourth-order valence-electron chi connectivity index (χ4n) is 4.24. The van der Waals surface area contributed by atoms with Crippen molar-refractivity contribution >= 4 is 0 Å². The first kappa shape index (κ1) is 7.37. The molecule has 1 heteroatoms. The lowest BCUT2D eigenvalue weighted by atomic mass is 9.62. The molecule has 3 bridgehead atoms. The summed E-state index contributed by atoms with van der Waals surface area (Å²) in [4.78, 5) is 0. The largest absolute Gasteiger partial charge is 0.390 e. The van der Waals surface area contributed by atoms with E-state index in [4.69, 9.17) is 0 Å². The van der Waals surface area contributed by atoms with Gasteiger partial charge in [0.25, 0.3) is 0 Å². The molecule has 3 rings (SSSR count). The molecule has 3 saturated carbocycles. The minimum absolute atomic E-state index is 0.296. The second-order valence-corrected chi connectivity index (χ2v) is 5.44. The Morgan fingerprint density at radius 2 is 2.00 bits per heavy atom. The van der Waals surface area contributed by atoms with Crippen molar-refractivity contribution in [2.45, 2.75) is 44.6 Å². The van der Waals surface area contributed by atoms with Gasteiger partial charge in [-0.05, 0) is 62.7 Å². The molecule has 3 aliphatic rings. The number of aliphatic hydroxyl groups is 1. The van der Waals surface area contributed by atoms with Crippen LogP contribution in [0.25, 0.3) is 0 Å². The van der Waals surface area contributed by atoms with Gasteiger partial charge in [-0.25, -0.2) is 0 Å². The van der Waals surface area contributed by atoms with Gasteiger partial charge in [0.15, 0.2) is 0 Å². The maximum Gasteiger partial charge on any atom is 0.0678 e. The minimum Gasteiger partial charge on any atom is -0.390 e. The van der Waals surface area contributed by atoms with Crippen LogP contribution in [0.2, 0.25) is 0 Å². The molecule has 3 fully saturated rings. The molecule has 0 saturated heterocycles. The lowest BCUT2D eigenvalue weighted by molar-refractivity contribution is -0.109. The van der Waals surface area contributed by atoms with E-state index in [0.717, 1.165) is 11.8 Å². The molecular formula is C11H18O. The Morgan fingerprint density at radius 3 is 2.83 bits per heavy atom. The van der Waals surface area contributed by atoms with E-state index >= 15 is 0 Å². The molecule has 0 amide bonds. The van der Waals surface area contributed by atoms with Crippen LogP contribution in [0.15, 0.2) is 0 Å². The molecule has 5 unspecified atom stereocenters. The van der Waals surface area contributed by atoms with Crippen molar-refractivity contribution in [3.8, 4) is 0 Å². The quantitative estimate of drug-likeness (QED) is 0.585. The molecule has 0 heterocycles. The summed E-state index contributed by atoms with van der Waals surface area (Å²) in [5, 5.41) is 10.4. The van der Waals surface area contributed by atoms with Crippen molar-refractivity contribution in [3.63, 3.8) is 0 Å². The highest BCUT2D eigenvalue weighted by molar-refractivity contribution is 5.06. The van der Waals surface area contributed by atoms with Crippen LogP contribution in [0.4, 0.5) is 0 Å². The lowest BCUT2D eigenvalue weighted by Gasteiger charge is -2.47. The zero-order valence-corrected chi connectivity index (χ0v) is 7.79. The molecule has 0 radical (unpaired) electrons. The number of hydrogen-bond acceptors (Lipinski definition) is 1. The minimum atomic E-state index is -0.296. The molecule has 0 aromatic heterocycles. The van der Waals surface area contributed by atoms with Crippen molar-refractivity contribution in [2.75, 3.05) is 0 Å². The molecule has 12 heavy (non-hydrogen) atoms. The van der Waals surface area contributed by atoms with E-state index < -0.39 is 0 Å². The maximum atomic E-state index is 10.4. The molecule has 5 atom stereocenters. The summed E-state index contributed by atoms with van der Waals surface area (Å²) in [5.74, 6) is 3.16. The number of hydrogen-bond donors (Lipinski definition) is 1. The van der Waals surface area contributed by atoms with Gasteiger partial charge in [-0.2, -0.15) is 0 Å². The Balaban J connectivity index is 2.02. The molecule has 68 valence electrons. The first-order valence-corrected chi connectivity index (χ1v) is 5.40. The summed E-state index contributed by atoms with van der Waals surface area (Å²) in [7, 11) is 0. The summed E-state index contributed by atoms with van der Waals surface area (Å²) < 4.78 is 0. The van der Waals surface area contributed by atoms with Crippen LogP contribution in [-0.2, 0) is 0 Å². The number of rotatable bonds is 0. The van der Waals surface area contributed by atoms with Gasteiger partial charge in [-0.3, -0.25) is 0 Å². The van der Waals surface area contributed by atoms with Gasteiger partial charge in [0.2, 0.25) is 0 Å². The van der Waals surface area contributed by atoms with Gasteiger partial charge >= 0.3 is 0 Å². The van der Waals surface area contributed by atoms with Gasteiger partial charge in [-0.1, -0.05) is 0 Å². The molecule has 3 aliphatic carbocycles. The van der Waals surface area contributed by atoms with Gasteiger partial charge in [0.05, 0.1) is 5.60 Å². The van der Waals surface area contributed by atoms with Crippen LogP contribution < -0.4 is 0 Å². The average Bonchev–Trinajstić information content (AvgIpc) is 2.20. The van der Waals surface area contributed by atoms with E-state index in [1.54, 1.807) is 0 Å². The van der Waals surface area contributed by atoms with E-state index in [2.05, 4.69) is 6.92 Å². The topological polar surface area (TPSA) is 20.2 Å². The third-order valence-corrected chi connectivity index (χ3v) is 4.87. The monoisotopic (exact) mass is 166 g/mol. The summed E-state index contributed by atoms with van der Waals surface area (Å²) in [6.07, 6.45) is 6.78. The Bertz CT molecular complexity index is 209. The number of fused-ring (bicyclic) bond motifs is 2. The normalized spacial score (nSPS) is 62.5. The molecule has 0 aromatic rings. The highest BCUT2D eigenvalue weighted by Crippen LogP contribution is 2.59. The van der Waals surface area contributed by atoms with Crippen LogP contribution in [-0.4, -0.2) is 10.7 Å². The van der Waals surface area contributed by atoms with Gasteiger partial charge in [-0.15, -0.1) is 0 Å². The Labute approximate surface area is 74.2 Å². The molecule has 1 nitrogen and oxygen atoms in total. The molecule has 1 N–H and O–H groups in total. The van der Waals surface area contributed by atoms with Gasteiger partial charge in [0.1, 0.15) is 0 Å². The third-order valence-electron chi connectivity index (χ3n) is 4.87. The zero-order valence-electron chi connectivity index (χ0n) is 7.79. The SMILES string of the molecule is CC1(O)C2CCC3CC(C2)CC31. The van der Waals surface area contributed by atoms with Crippen molar-refractivity contribution in [1.29, 1.82) is 0 Å². The van der Waals surface area contributed by atoms with E-state index in [1.807, 2.05) is 0 Å². The van der Waals surface area contributed by atoms with Gasteiger partial charge in [0, 0.05) is 0 Å². The standard InChI is InChI=1S/C11H18O/c1-11(12)9-3-2-8-4-7(5-9)6-10(8)11/h7-10,12H,2-6H2,1H3. The summed E-state index contributed by atoms with van der Waals surface area (Å²) in [6.45, 7) is 2.09. The van der Waals surface area contributed by atoms with Crippen LogP contribution >= 0.6 is 0 Å². The highest BCUT2D eigenvalue weighted by atomic mass is 16.3.